The van der Waals surface area contributed by atoms with E-state index in [9.17, 15) is 9.90 Å². The maximum Gasteiger partial charge on any atom is 0.246 e. The zero-order chi connectivity index (χ0) is 13.2. The van der Waals surface area contributed by atoms with Crippen LogP contribution in [0.15, 0.2) is 18.2 Å². The van der Waals surface area contributed by atoms with E-state index in [0.717, 1.165) is 5.56 Å². The number of phenolic OH excluding ortho intramolecular Hbond substituents is 1. The topological polar surface area (TPSA) is 66.6 Å². The number of aromatic hydroxyl groups is 1. The van der Waals surface area contributed by atoms with Crippen LogP contribution in [0.1, 0.15) is 26.3 Å². The Morgan fingerprint density at radius 3 is 2.53 bits per heavy atom. The predicted octanol–water partition coefficient (Wildman–Crippen LogP) is 1.79. The van der Waals surface area contributed by atoms with Crippen LogP contribution in [-0.2, 0) is 4.79 Å². The maximum atomic E-state index is 12.2. The third-order valence-corrected chi connectivity index (χ3v) is 2.60. The van der Waals surface area contributed by atoms with Gasteiger partial charge < -0.3 is 15.7 Å². The molecule has 0 aromatic heterocycles. The Bertz CT molecular complexity index is 422. The summed E-state index contributed by atoms with van der Waals surface area (Å²) in [5.74, 6) is -0.0135. The Labute approximate surface area is 102 Å². The molecule has 1 aromatic rings. The molecular weight excluding hydrogens is 216 g/mol. The fourth-order valence-electron chi connectivity index (χ4n) is 1.66. The number of nitrogens with two attached hydrogens (primary N) is 1. The van der Waals surface area contributed by atoms with Crippen molar-refractivity contribution >= 4 is 11.6 Å². The fraction of sp³-hybridized carbons (Fsp3) is 0.462. The molecule has 0 radical (unpaired) electrons. The highest BCUT2D eigenvalue weighted by Gasteiger charge is 2.28. The molecule has 0 saturated heterocycles. The van der Waals surface area contributed by atoms with Crippen molar-refractivity contribution in [3.8, 4) is 5.75 Å². The van der Waals surface area contributed by atoms with Gasteiger partial charge in [0.2, 0.25) is 5.91 Å². The molecule has 1 aromatic carbocycles. The lowest BCUT2D eigenvalue weighted by molar-refractivity contribution is -0.122. The molecule has 0 atom stereocenters. The average molecular weight is 236 g/mol. The van der Waals surface area contributed by atoms with Gasteiger partial charge >= 0.3 is 0 Å². The summed E-state index contributed by atoms with van der Waals surface area (Å²) in [6.07, 6.45) is 0. The summed E-state index contributed by atoms with van der Waals surface area (Å²) in [5, 5.41) is 9.50. The van der Waals surface area contributed by atoms with Crippen LogP contribution in [0, 0.1) is 6.92 Å². The molecule has 0 aliphatic carbocycles. The van der Waals surface area contributed by atoms with Crippen LogP contribution in [0.5, 0.6) is 5.75 Å². The van der Waals surface area contributed by atoms with E-state index in [2.05, 4.69) is 0 Å². The number of phenols is 1. The molecule has 0 unspecified atom stereocenters. The number of nitrogens with zero attached hydrogens (tertiary/aromatic N) is 1. The van der Waals surface area contributed by atoms with Crippen molar-refractivity contribution in [1.82, 2.24) is 0 Å². The van der Waals surface area contributed by atoms with Gasteiger partial charge in [0.05, 0.1) is 11.2 Å². The third kappa shape index (κ3) is 2.97. The van der Waals surface area contributed by atoms with Gasteiger partial charge in [-0.05, 0) is 39.3 Å². The number of benzene rings is 1. The zero-order valence-electron chi connectivity index (χ0n) is 10.8. The lowest BCUT2D eigenvalue weighted by atomic mass is 10.0. The molecule has 94 valence electrons. The number of hydrogen-bond donors (Lipinski definition) is 2. The van der Waals surface area contributed by atoms with E-state index in [4.69, 9.17) is 5.73 Å². The van der Waals surface area contributed by atoms with Crippen LogP contribution in [-0.4, -0.2) is 23.1 Å². The van der Waals surface area contributed by atoms with Crippen LogP contribution in [0.2, 0.25) is 0 Å². The Morgan fingerprint density at radius 1 is 1.47 bits per heavy atom. The van der Waals surface area contributed by atoms with Crippen LogP contribution in [0.25, 0.3) is 0 Å². The third-order valence-electron chi connectivity index (χ3n) is 2.60. The number of rotatable bonds is 3. The van der Waals surface area contributed by atoms with Crippen molar-refractivity contribution in [2.75, 3.05) is 11.4 Å². The monoisotopic (exact) mass is 236 g/mol. The van der Waals surface area contributed by atoms with Crippen LogP contribution in [0.3, 0.4) is 0 Å². The molecule has 4 heteroatoms. The number of hydrogen-bond acceptors (Lipinski definition) is 3. The highest BCUT2D eigenvalue weighted by Crippen LogP contribution is 2.26. The largest absolute Gasteiger partial charge is 0.508 e. The van der Waals surface area contributed by atoms with Crippen molar-refractivity contribution in [3.63, 3.8) is 0 Å². The summed E-state index contributed by atoms with van der Waals surface area (Å²) in [6.45, 7) is 7.65. The maximum absolute atomic E-state index is 12.2. The van der Waals surface area contributed by atoms with Crippen LogP contribution in [0.4, 0.5) is 5.69 Å². The minimum Gasteiger partial charge on any atom is -0.508 e. The molecule has 0 heterocycles. The van der Waals surface area contributed by atoms with Gasteiger partial charge in [-0.1, -0.05) is 6.07 Å². The van der Waals surface area contributed by atoms with Crippen LogP contribution >= 0.6 is 0 Å². The van der Waals surface area contributed by atoms with E-state index in [1.54, 1.807) is 36.9 Å². The minimum atomic E-state index is -0.923. The zero-order valence-corrected chi connectivity index (χ0v) is 10.8. The van der Waals surface area contributed by atoms with Crippen molar-refractivity contribution in [2.45, 2.75) is 33.2 Å². The molecule has 0 aliphatic rings. The number of likely N-dealkylation sites (N-methyl/N-ethyl adjacent to an activating group) is 1. The molecule has 1 amide bonds. The second kappa shape index (κ2) is 4.75. The molecule has 0 bridgehead atoms. The number of aryl methyl sites for hydroxylation is 1. The van der Waals surface area contributed by atoms with Gasteiger partial charge in [0.15, 0.2) is 0 Å². The van der Waals surface area contributed by atoms with E-state index < -0.39 is 5.54 Å². The van der Waals surface area contributed by atoms with E-state index in [-0.39, 0.29) is 11.7 Å². The van der Waals surface area contributed by atoms with Gasteiger partial charge in [-0.15, -0.1) is 0 Å². The Hall–Kier alpha value is -1.55. The number of carbonyl (C=O) groups is 1. The normalized spacial score (nSPS) is 11.4. The Balaban J connectivity index is 3.18. The molecule has 1 rings (SSSR count). The Kier molecular flexibility index (Phi) is 3.78. The summed E-state index contributed by atoms with van der Waals surface area (Å²) in [5.41, 5.74) is 6.54. The molecule has 0 aliphatic heterocycles. The predicted molar refractivity (Wildman–Crippen MR) is 69.1 cm³/mol. The van der Waals surface area contributed by atoms with Crippen molar-refractivity contribution in [2.24, 2.45) is 5.73 Å². The van der Waals surface area contributed by atoms with Gasteiger partial charge in [0.25, 0.3) is 0 Å². The van der Waals surface area contributed by atoms with Crippen molar-refractivity contribution < 1.29 is 9.90 Å². The molecule has 3 N–H and O–H groups in total. The van der Waals surface area contributed by atoms with E-state index >= 15 is 0 Å². The highest BCUT2D eigenvalue weighted by atomic mass is 16.3. The second-order valence-corrected chi connectivity index (χ2v) is 4.74. The van der Waals surface area contributed by atoms with Gasteiger partial charge in [-0.25, -0.2) is 0 Å². The smallest absolute Gasteiger partial charge is 0.246 e. The second-order valence-electron chi connectivity index (χ2n) is 4.74. The number of amides is 1. The Morgan fingerprint density at radius 2 is 2.06 bits per heavy atom. The number of carbonyl (C=O) groups excluding carboxylic acids is 1. The SMILES string of the molecule is CCN(C(=O)C(C)(C)N)c1cc(O)ccc1C. The number of anilines is 1. The molecule has 17 heavy (non-hydrogen) atoms. The van der Waals surface area contributed by atoms with Crippen molar-refractivity contribution in [1.29, 1.82) is 0 Å². The highest BCUT2D eigenvalue weighted by molar-refractivity contribution is 6.00. The summed E-state index contributed by atoms with van der Waals surface area (Å²) in [6, 6.07) is 4.97. The first-order valence-electron chi connectivity index (χ1n) is 5.67. The van der Waals surface area contributed by atoms with E-state index in [1.807, 2.05) is 13.8 Å². The van der Waals surface area contributed by atoms with E-state index in [0.29, 0.717) is 12.2 Å². The summed E-state index contributed by atoms with van der Waals surface area (Å²) >= 11 is 0. The lowest BCUT2D eigenvalue weighted by Gasteiger charge is -2.29. The van der Waals surface area contributed by atoms with Gasteiger partial charge in [0, 0.05) is 12.6 Å². The molecule has 0 spiro atoms. The van der Waals surface area contributed by atoms with Gasteiger partial charge in [-0.3, -0.25) is 4.79 Å². The summed E-state index contributed by atoms with van der Waals surface area (Å²) in [4.78, 5) is 13.8. The van der Waals surface area contributed by atoms with Gasteiger partial charge in [0.1, 0.15) is 5.75 Å². The van der Waals surface area contributed by atoms with Crippen LogP contribution < -0.4 is 10.6 Å². The average Bonchev–Trinajstić information content (AvgIpc) is 2.22. The standard InChI is InChI=1S/C13H20N2O2/c1-5-15(12(17)13(3,4)14)11-8-10(16)7-6-9(11)2/h6-8,16H,5,14H2,1-4H3. The molecule has 4 nitrogen and oxygen atoms in total. The summed E-state index contributed by atoms with van der Waals surface area (Å²) in [7, 11) is 0. The first kappa shape index (κ1) is 13.5. The van der Waals surface area contributed by atoms with Gasteiger partial charge in [-0.2, -0.15) is 0 Å². The molecule has 0 fully saturated rings. The summed E-state index contributed by atoms with van der Waals surface area (Å²) < 4.78 is 0. The lowest BCUT2D eigenvalue weighted by Crippen LogP contribution is -2.51. The molecule has 0 saturated carbocycles. The minimum absolute atomic E-state index is 0.145. The fourth-order valence-corrected chi connectivity index (χ4v) is 1.66. The first-order chi connectivity index (χ1) is 7.77. The van der Waals surface area contributed by atoms with E-state index in [1.165, 1.54) is 0 Å². The molecular formula is C13H20N2O2. The van der Waals surface area contributed by atoms with Crippen molar-refractivity contribution in [3.05, 3.63) is 23.8 Å². The first-order valence-corrected chi connectivity index (χ1v) is 5.67. The quantitative estimate of drug-likeness (QED) is 0.840.